The van der Waals surface area contributed by atoms with E-state index in [0.717, 1.165) is 49.3 Å². The maximum Gasteiger partial charge on any atom is 0.481 e. The Kier molecular flexibility index (Phi) is 32.5. The molecule has 0 aromatic carbocycles. The number of fused-ring (bicyclic) bond motifs is 3. The molecule has 3 rings (SSSR count). The van der Waals surface area contributed by atoms with Crippen LogP contribution in [0.15, 0.2) is 102 Å². The molecule has 77 heavy (non-hydrogen) atoms. The number of aliphatic hydroxyl groups is 4. The van der Waals surface area contributed by atoms with Crippen LogP contribution in [0.3, 0.4) is 0 Å². The average Bonchev–Trinajstić information content (AvgIpc) is 3.37. The molecule has 3 heterocycles. The number of carbonyl (C=O) groups excluding carboxylic acids is 3. The minimum absolute atomic E-state index is 0.133. The number of unbranched alkanes of at least 4 members (excludes halogenated alkanes) is 5. The SMILES string of the molecule is CCCCC/C=C\C/C=C\C/C=C\C/C=C\C/C=C\CCC(=O)O[C@@H]1COC(=O)CCC/C=C\C[C@H]2C(=O)C[C@@H](O)[C@H](/C=C/[C@@H](O)CCCCC)[C@H](O)[C@H](O)[C@@H](COP(=O)(O)OP(=O)(O)OC1)O[C@H]2n1ccc(N)nc1=O. The Morgan fingerprint density at radius 1 is 0.831 bits per heavy atom. The molecule has 1 fully saturated rings. The number of esters is 2. The Morgan fingerprint density at radius 3 is 2.08 bits per heavy atom. The van der Waals surface area contributed by atoms with E-state index in [1.165, 1.54) is 37.5 Å². The minimum Gasteiger partial charge on any atom is -0.462 e. The fourth-order valence-electron chi connectivity index (χ4n) is 8.04. The van der Waals surface area contributed by atoms with Crippen molar-refractivity contribution in [3.63, 3.8) is 0 Å². The van der Waals surface area contributed by atoms with Gasteiger partial charge in [0, 0.05) is 31.4 Å². The molecule has 2 bridgehead atoms. The third kappa shape index (κ3) is 27.8. The van der Waals surface area contributed by atoms with Gasteiger partial charge in [-0.15, -0.1) is 0 Å². The van der Waals surface area contributed by atoms with Gasteiger partial charge in [0.05, 0.1) is 37.4 Å². The molecule has 8 N–H and O–H groups in total. The zero-order valence-electron chi connectivity index (χ0n) is 44.4. The molecule has 1 aromatic heterocycles. The summed E-state index contributed by atoms with van der Waals surface area (Å²) in [6.45, 7) is 1.32. The predicted octanol–water partition coefficient (Wildman–Crippen LogP) is 8.03. The number of hydrogen-bond donors (Lipinski definition) is 7. The van der Waals surface area contributed by atoms with Crippen LogP contribution in [0.1, 0.15) is 142 Å². The number of allylic oxidation sites excluding steroid dienone is 12. The highest BCUT2D eigenvalue weighted by Crippen LogP contribution is 2.60. The molecule has 0 saturated carbocycles. The lowest BCUT2D eigenvalue weighted by atomic mass is 9.83. The highest BCUT2D eigenvalue weighted by molar-refractivity contribution is 7.61. The van der Waals surface area contributed by atoms with Crippen molar-refractivity contribution in [3.05, 3.63) is 108 Å². The molecule has 1 saturated heterocycles. The van der Waals surface area contributed by atoms with Crippen LogP contribution in [0.2, 0.25) is 0 Å². The molecule has 21 nitrogen and oxygen atoms in total. The quantitative estimate of drug-likeness (QED) is 0.0236. The van der Waals surface area contributed by atoms with Gasteiger partial charge >= 0.3 is 33.3 Å². The number of aromatic nitrogens is 2. The number of anilines is 1. The van der Waals surface area contributed by atoms with Crippen molar-refractivity contribution >= 4 is 39.2 Å². The number of carbonyl (C=O) groups is 3. The first-order valence-electron chi connectivity index (χ1n) is 26.7. The van der Waals surface area contributed by atoms with E-state index in [4.69, 9.17) is 29.0 Å². The lowest BCUT2D eigenvalue weighted by molar-refractivity contribution is -0.183. The molecule has 0 amide bonds. The van der Waals surface area contributed by atoms with Gasteiger partial charge in [-0.25, -0.2) is 13.9 Å². The molecule has 432 valence electrons. The van der Waals surface area contributed by atoms with Crippen LogP contribution in [0.4, 0.5) is 5.82 Å². The summed E-state index contributed by atoms with van der Waals surface area (Å²) in [4.78, 5) is 78.4. The first-order valence-corrected chi connectivity index (χ1v) is 29.7. The number of nitrogens with two attached hydrogens (primary N) is 1. The smallest absolute Gasteiger partial charge is 0.462 e. The largest absolute Gasteiger partial charge is 0.481 e. The third-order valence-corrected chi connectivity index (χ3v) is 14.9. The number of cyclic esters (lactones) is 1. The summed E-state index contributed by atoms with van der Waals surface area (Å²) in [5.74, 6) is -5.29. The highest BCUT2D eigenvalue weighted by Gasteiger charge is 2.45. The number of phosphoric acid groups is 2. The third-order valence-electron chi connectivity index (χ3n) is 12.3. The number of aliphatic hydroxyl groups excluding tert-OH is 4. The zero-order valence-corrected chi connectivity index (χ0v) is 46.2. The molecule has 1 aromatic rings. The Morgan fingerprint density at radius 2 is 1.44 bits per heavy atom. The fraction of sp³-hybridized carbons (Fsp3) is 0.611. The van der Waals surface area contributed by atoms with Gasteiger partial charge in [0.15, 0.2) is 6.10 Å². The van der Waals surface area contributed by atoms with Crippen LogP contribution < -0.4 is 11.4 Å². The summed E-state index contributed by atoms with van der Waals surface area (Å²) in [5.41, 5.74) is 4.72. The maximum atomic E-state index is 14.3. The zero-order chi connectivity index (χ0) is 56.5. The van der Waals surface area contributed by atoms with E-state index >= 15 is 0 Å². The molecule has 23 heteroatoms. The van der Waals surface area contributed by atoms with Crippen molar-refractivity contribution in [2.75, 3.05) is 25.6 Å². The van der Waals surface area contributed by atoms with Gasteiger partial charge in [0.1, 0.15) is 36.6 Å². The summed E-state index contributed by atoms with van der Waals surface area (Å²) in [6, 6.07) is 1.21. The normalized spacial score (nSPS) is 29.1. The number of ketones is 1. The summed E-state index contributed by atoms with van der Waals surface area (Å²) in [5, 5.41) is 45.5. The molecule has 2 unspecified atom stereocenters. The Hall–Kier alpha value is -4.47. The van der Waals surface area contributed by atoms with Crippen molar-refractivity contribution in [3.8, 4) is 0 Å². The second kappa shape index (κ2) is 37.4. The van der Waals surface area contributed by atoms with Crippen molar-refractivity contribution in [2.24, 2.45) is 11.8 Å². The second-order valence-corrected chi connectivity index (χ2v) is 21.8. The van der Waals surface area contributed by atoms with E-state index in [1.807, 2.05) is 25.2 Å². The van der Waals surface area contributed by atoms with Crippen molar-refractivity contribution in [1.29, 1.82) is 0 Å². The number of phosphoric ester groups is 2. The summed E-state index contributed by atoms with van der Waals surface area (Å²) < 4.78 is 58.8. The van der Waals surface area contributed by atoms with Crippen molar-refractivity contribution in [2.45, 2.75) is 179 Å². The monoisotopic (exact) mass is 1120 g/mol. The molecule has 0 radical (unpaired) electrons. The van der Waals surface area contributed by atoms with Crippen molar-refractivity contribution in [1.82, 2.24) is 9.55 Å². The van der Waals surface area contributed by atoms with Gasteiger partial charge in [-0.3, -0.25) is 28.0 Å². The topological polar surface area (TPSA) is 323 Å². The van der Waals surface area contributed by atoms with Crippen LogP contribution in [-0.4, -0.2) is 114 Å². The lowest BCUT2D eigenvalue weighted by Gasteiger charge is -2.38. The minimum atomic E-state index is -5.75. The molecule has 0 spiro atoms. The molecular formula is C54H83N3O18P2. The number of nitrogen functional groups attached to an aromatic ring is 1. The van der Waals surface area contributed by atoms with Gasteiger partial charge in [-0.05, 0) is 76.7 Å². The number of Topliss-reactive ketones (excluding diaryl/α,β-unsaturated/α-hetero) is 1. The lowest BCUT2D eigenvalue weighted by Crippen LogP contribution is -2.51. The standard InChI is InChI=1S/C54H83N3O18P2/c1-3-5-7-8-9-10-11-12-13-14-15-16-17-18-19-20-21-22-28-32-50(62)73-42-38-70-49(61)31-27-24-23-26-30-44-46(60)37-45(59)43(34-33-41(58)29-25-6-4-2)51(63)52(64)47(40-72-77(68,69)75-76(66,67)71-39-42)74-53(44)57-36-35-48(55)56-54(57)65/h9-10,12-13,15-16,18-19,21-23,26,33-36,41-45,47,51-53,58-59,63-64H,3-8,11,14,17,20,24-25,27-32,37-40H2,1-2H3,(H,66,67)(H,68,69)(H2,55,56,65)/b10-9-,13-12-,16-15-,19-18-,22-21-,26-23-,34-33+/t41-,42+,43-,44-,45+,47+,51-,52+,53+/m0/s1. The molecule has 0 aliphatic carbocycles. The van der Waals surface area contributed by atoms with E-state index in [1.54, 1.807) is 18.2 Å². The maximum absolute atomic E-state index is 14.3. The van der Waals surface area contributed by atoms with Crippen LogP contribution in [0.5, 0.6) is 0 Å². The van der Waals surface area contributed by atoms with Crippen molar-refractivity contribution < 1.29 is 81.3 Å². The predicted molar refractivity (Wildman–Crippen MR) is 289 cm³/mol. The van der Waals surface area contributed by atoms with E-state index in [-0.39, 0.29) is 44.3 Å². The van der Waals surface area contributed by atoms with Crippen LogP contribution in [0.25, 0.3) is 0 Å². The van der Waals surface area contributed by atoms with Gasteiger partial charge in [0.25, 0.3) is 0 Å². The Balaban J connectivity index is 1.77. The molecule has 2 aliphatic heterocycles. The second-order valence-electron chi connectivity index (χ2n) is 18.8. The first-order chi connectivity index (χ1) is 36.9. The van der Waals surface area contributed by atoms with E-state index in [2.05, 4.69) is 52.7 Å². The molecule has 2 aliphatic rings. The number of hydrogen-bond acceptors (Lipinski definition) is 18. The van der Waals surface area contributed by atoms with Gasteiger partial charge in [-0.2, -0.15) is 9.29 Å². The number of nitrogens with zero attached hydrogens (tertiary/aromatic N) is 2. The fourth-order valence-corrected chi connectivity index (χ4v) is 10.2. The van der Waals surface area contributed by atoms with E-state index in [9.17, 15) is 58.5 Å². The van der Waals surface area contributed by atoms with Gasteiger partial charge in [-0.1, -0.05) is 131 Å². The van der Waals surface area contributed by atoms with E-state index in [0.29, 0.717) is 19.3 Å². The van der Waals surface area contributed by atoms with E-state index < -0.39 is 120 Å². The summed E-state index contributed by atoms with van der Waals surface area (Å²) in [6.07, 6.45) is 25.6. The van der Waals surface area contributed by atoms with Crippen LogP contribution in [-0.2, 0) is 51.1 Å². The van der Waals surface area contributed by atoms with Gasteiger partial charge < -0.3 is 50.2 Å². The Labute approximate surface area is 452 Å². The van der Waals surface area contributed by atoms with Crippen LogP contribution >= 0.6 is 15.6 Å². The number of rotatable bonds is 23. The summed E-state index contributed by atoms with van der Waals surface area (Å²) >= 11 is 0. The summed E-state index contributed by atoms with van der Waals surface area (Å²) in [7, 11) is -11.4. The highest BCUT2D eigenvalue weighted by atomic mass is 31.3. The number of ether oxygens (including phenoxy) is 3. The molecular weight excluding hydrogens is 1040 g/mol. The average molecular weight is 1120 g/mol. The Bertz CT molecular complexity index is 2300. The van der Waals surface area contributed by atoms with Crippen LogP contribution in [0, 0.1) is 11.8 Å². The van der Waals surface area contributed by atoms with Gasteiger partial charge in [0.2, 0.25) is 0 Å². The molecule has 11 atom stereocenters. The first kappa shape index (κ1) is 66.8.